The van der Waals surface area contributed by atoms with Crippen molar-refractivity contribution in [2.45, 2.75) is 32.8 Å². The first-order valence-electron chi connectivity index (χ1n) is 10.6. The first-order valence-corrected chi connectivity index (χ1v) is 11.3. The van der Waals surface area contributed by atoms with Gasteiger partial charge < -0.3 is 20.1 Å². The van der Waals surface area contributed by atoms with Crippen molar-refractivity contribution in [3.63, 3.8) is 0 Å². The average Bonchev–Trinajstić information content (AvgIpc) is 2.73. The minimum absolute atomic E-state index is 0.412. The zero-order chi connectivity index (χ0) is 23.8. The lowest BCUT2D eigenvalue weighted by Gasteiger charge is -2.19. The molecule has 0 saturated heterocycles. The Bertz CT molecular complexity index is 1060. The van der Waals surface area contributed by atoms with E-state index in [0.717, 1.165) is 23.4 Å². The number of hydrogen-bond donors (Lipinski definition) is 2. The van der Waals surface area contributed by atoms with Crippen LogP contribution in [0.25, 0.3) is 11.1 Å². The van der Waals surface area contributed by atoms with Crippen LogP contribution in [-0.2, 0) is 4.74 Å². The Morgan fingerprint density at radius 1 is 0.939 bits per heavy atom. The second-order valence-electron chi connectivity index (χ2n) is 8.38. The molecule has 3 aromatic rings. The van der Waals surface area contributed by atoms with Crippen LogP contribution in [0, 0.1) is 0 Å². The van der Waals surface area contributed by atoms with E-state index >= 15 is 0 Å². The number of benzene rings is 2. The Morgan fingerprint density at radius 2 is 1.70 bits per heavy atom. The van der Waals surface area contributed by atoms with Crippen LogP contribution in [0.1, 0.15) is 27.2 Å². The van der Waals surface area contributed by atoms with Crippen molar-refractivity contribution >= 4 is 35.1 Å². The highest BCUT2D eigenvalue weighted by Gasteiger charge is 2.15. The molecule has 0 aliphatic heterocycles. The summed E-state index contributed by atoms with van der Waals surface area (Å²) in [4.78, 5) is 16.0. The van der Waals surface area contributed by atoms with Crippen molar-refractivity contribution < 1.29 is 14.3 Å². The molecule has 3 rings (SSSR count). The molecule has 174 valence electrons. The average molecular weight is 488 g/mol. The molecule has 2 aromatic carbocycles. The van der Waals surface area contributed by atoms with Crippen LogP contribution < -0.4 is 15.4 Å². The van der Waals surface area contributed by atoms with E-state index in [9.17, 15) is 4.79 Å². The summed E-state index contributed by atoms with van der Waals surface area (Å²) in [7, 11) is 0. The van der Waals surface area contributed by atoms with Crippen LogP contribution in [0.4, 0.5) is 10.6 Å². The molecule has 33 heavy (non-hydrogen) atoms. The van der Waals surface area contributed by atoms with Gasteiger partial charge in [0.2, 0.25) is 0 Å². The molecule has 0 radical (unpaired) electrons. The van der Waals surface area contributed by atoms with Crippen LogP contribution in [0.5, 0.6) is 11.5 Å². The van der Waals surface area contributed by atoms with E-state index in [1.807, 2.05) is 69.3 Å². The second-order valence-corrected chi connectivity index (χ2v) is 9.25. The topological polar surface area (TPSA) is 72.5 Å². The lowest BCUT2D eigenvalue weighted by molar-refractivity contribution is 0.0528. The van der Waals surface area contributed by atoms with Crippen LogP contribution in [0.15, 0.2) is 60.8 Å². The lowest BCUT2D eigenvalue weighted by Crippen LogP contribution is -2.33. The molecule has 0 fully saturated rings. The monoisotopic (exact) mass is 487 g/mol. The van der Waals surface area contributed by atoms with Crippen LogP contribution in [0.3, 0.4) is 0 Å². The Labute approximate surface area is 204 Å². The third kappa shape index (κ3) is 8.48. The number of rotatable bonds is 8. The zero-order valence-corrected chi connectivity index (χ0v) is 20.3. The SMILES string of the molecule is CC(C)(C)OC(=O)NCCCNc1ccc(Oc2cccc(-c3cc(Cl)cc(Cl)c3)c2)cn1. The molecule has 1 heterocycles. The van der Waals surface area contributed by atoms with E-state index in [4.69, 9.17) is 32.7 Å². The van der Waals surface area contributed by atoms with Gasteiger partial charge in [-0.1, -0.05) is 35.3 Å². The molecule has 6 nitrogen and oxygen atoms in total. The van der Waals surface area contributed by atoms with Crippen LogP contribution >= 0.6 is 23.2 Å². The number of anilines is 1. The fourth-order valence-electron chi connectivity index (χ4n) is 2.95. The summed E-state index contributed by atoms with van der Waals surface area (Å²) >= 11 is 12.2. The van der Waals surface area contributed by atoms with Gasteiger partial charge in [0.05, 0.1) is 6.20 Å². The quantitative estimate of drug-likeness (QED) is 0.329. The predicted octanol–water partition coefficient (Wildman–Crippen LogP) is 7.17. The number of alkyl carbamates (subject to hydrolysis) is 1. The largest absolute Gasteiger partial charge is 0.456 e. The number of carbonyl (C=O) groups is 1. The minimum atomic E-state index is -0.500. The van der Waals surface area contributed by atoms with Crippen molar-refractivity contribution in [2.24, 2.45) is 0 Å². The van der Waals surface area contributed by atoms with E-state index in [0.29, 0.717) is 34.6 Å². The van der Waals surface area contributed by atoms with E-state index < -0.39 is 11.7 Å². The van der Waals surface area contributed by atoms with E-state index in [1.165, 1.54) is 0 Å². The number of pyridine rings is 1. The standard InChI is InChI=1S/C25H27Cl2N3O3/c1-25(2,3)33-24(31)29-11-5-10-28-23-9-8-22(16-30-23)32-21-7-4-6-17(14-21)18-12-19(26)15-20(27)13-18/h4,6-9,12-16H,5,10-11H2,1-3H3,(H,28,30)(H,29,31). The number of carbonyl (C=O) groups excluding carboxylic acids is 1. The summed E-state index contributed by atoms with van der Waals surface area (Å²) in [6.07, 6.45) is 1.98. The van der Waals surface area contributed by atoms with Gasteiger partial charge in [-0.05, 0) is 80.8 Å². The smallest absolute Gasteiger partial charge is 0.407 e. The van der Waals surface area contributed by atoms with Gasteiger partial charge in [0.1, 0.15) is 22.9 Å². The number of amides is 1. The van der Waals surface area contributed by atoms with E-state index in [1.54, 1.807) is 12.3 Å². The first-order chi connectivity index (χ1) is 15.7. The third-order valence-corrected chi connectivity index (χ3v) is 4.77. The molecule has 0 atom stereocenters. The molecule has 2 N–H and O–H groups in total. The van der Waals surface area contributed by atoms with Gasteiger partial charge in [-0.3, -0.25) is 0 Å². The summed E-state index contributed by atoms with van der Waals surface area (Å²) in [5.41, 5.74) is 1.36. The highest BCUT2D eigenvalue weighted by atomic mass is 35.5. The summed E-state index contributed by atoms with van der Waals surface area (Å²) < 4.78 is 11.1. The van der Waals surface area contributed by atoms with Crippen molar-refractivity contribution in [1.82, 2.24) is 10.3 Å². The maximum Gasteiger partial charge on any atom is 0.407 e. The second kappa shape index (κ2) is 11.3. The zero-order valence-electron chi connectivity index (χ0n) is 18.8. The fraction of sp³-hybridized carbons (Fsp3) is 0.280. The molecule has 0 aliphatic rings. The van der Waals surface area contributed by atoms with E-state index in [-0.39, 0.29) is 0 Å². The van der Waals surface area contributed by atoms with Crippen molar-refractivity contribution in [1.29, 1.82) is 0 Å². The fourth-order valence-corrected chi connectivity index (χ4v) is 3.48. The number of ether oxygens (including phenoxy) is 2. The maximum absolute atomic E-state index is 11.6. The highest BCUT2D eigenvalue weighted by Crippen LogP contribution is 2.31. The predicted molar refractivity (Wildman–Crippen MR) is 134 cm³/mol. The van der Waals surface area contributed by atoms with Gasteiger partial charge in [0.15, 0.2) is 0 Å². The van der Waals surface area contributed by atoms with Crippen molar-refractivity contribution in [2.75, 3.05) is 18.4 Å². The number of hydrogen-bond acceptors (Lipinski definition) is 5. The van der Waals surface area contributed by atoms with Gasteiger partial charge in [0, 0.05) is 23.1 Å². The van der Waals surface area contributed by atoms with Gasteiger partial charge >= 0.3 is 6.09 Å². The third-order valence-electron chi connectivity index (χ3n) is 4.33. The molecule has 1 aromatic heterocycles. The van der Waals surface area contributed by atoms with Crippen LogP contribution in [-0.4, -0.2) is 29.8 Å². The molecular weight excluding hydrogens is 461 g/mol. The number of aromatic nitrogens is 1. The Balaban J connectivity index is 1.48. The molecular formula is C25H27Cl2N3O3. The molecule has 0 spiro atoms. The van der Waals surface area contributed by atoms with Gasteiger partial charge in [-0.2, -0.15) is 0 Å². The molecule has 1 amide bonds. The molecule has 0 bridgehead atoms. The van der Waals surface area contributed by atoms with Crippen LogP contribution in [0.2, 0.25) is 10.0 Å². The normalized spacial score (nSPS) is 11.1. The number of nitrogens with zero attached hydrogens (tertiary/aromatic N) is 1. The molecule has 0 saturated carbocycles. The molecule has 8 heteroatoms. The maximum atomic E-state index is 11.6. The lowest BCUT2D eigenvalue weighted by atomic mass is 10.1. The summed E-state index contributed by atoms with van der Waals surface area (Å²) in [5.74, 6) is 2.02. The van der Waals surface area contributed by atoms with Gasteiger partial charge in [-0.25, -0.2) is 9.78 Å². The summed E-state index contributed by atoms with van der Waals surface area (Å²) in [6, 6.07) is 16.8. The summed E-state index contributed by atoms with van der Waals surface area (Å²) in [6.45, 7) is 6.67. The Morgan fingerprint density at radius 3 is 2.36 bits per heavy atom. The first kappa shape index (κ1) is 24.7. The number of halogens is 2. The van der Waals surface area contributed by atoms with E-state index in [2.05, 4.69) is 15.6 Å². The molecule has 0 unspecified atom stereocenters. The Hall–Kier alpha value is -2.96. The minimum Gasteiger partial charge on any atom is -0.456 e. The van der Waals surface area contributed by atoms with Gasteiger partial charge in [-0.15, -0.1) is 0 Å². The molecule has 0 aliphatic carbocycles. The van der Waals surface area contributed by atoms with Gasteiger partial charge in [0.25, 0.3) is 0 Å². The summed E-state index contributed by atoms with van der Waals surface area (Å²) in [5, 5.41) is 7.10. The van der Waals surface area contributed by atoms with Crippen molar-refractivity contribution in [3.05, 3.63) is 70.8 Å². The Kier molecular flexibility index (Phi) is 8.42. The highest BCUT2D eigenvalue weighted by molar-refractivity contribution is 6.35. The number of nitrogens with one attached hydrogen (secondary N) is 2. The van der Waals surface area contributed by atoms with Crippen molar-refractivity contribution in [3.8, 4) is 22.6 Å².